The molecular weight excluding hydrogens is 408 g/mol. The lowest BCUT2D eigenvalue weighted by molar-refractivity contribution is 0.0600. The SMILES string of the molecule is COC(=O)c1ccc(CC(=O)c2ccccc2Cc2csc(N3CCCCC3)n2)cc1. The van der Waals surface area contributed by atoms with Crippen LogP contribution in [0.2, 0.25) is 0 Å². The van der Waals surface area contributed by atoms with Gasteiger partial charge in [-0.2, -0.15) is 0 Å². The third-order valence-electron chi connectivity index (χ3n) is 5.60. The molecule has 2 heterocycles. The maximum atomic E-state index is 13.0. The molecule has 1 aromatic heterocycles. The van der Waals surface area contributed by atoms with Gasteiger partial charge in [0.15, 0.2) is 10.9 Å². The van der Waals surface area contributed by atoms with E-state index in [4.69, 9.17) is 9.72 Å². The Balaban J connectivity index is 1.46. The molecule has 31 heavy (non-hydrogen) atoms. The van der Waals surface area contributed by atoms with Crippen molar-refractivity contribution >= 4 is 28.2 Å². The van der Waals surface area contributed by atoms with Gasteiger partial charge in [0.1, 0.15) is 0 Å². The molecule has 0 bridgehead atoms. The van der Waals surface area contributed by atoms with E-state index in [2.05, 4.69) is 10.3 Å². The molecule has 1 fully saturated rings. The summed E-state index contributed by atoms with van der Waals surface area (Å²) in [5.41, 5.74) is 4.08. The first-order valence-corrected chi connectivity index (χ1v) is 11.5. The van der Waals surface area contributed by atoms with Crippen molar-refractivity contribution in [3.63, 3.8) is 0 Å². The van der Waals surface area contributed by atoms with Crippen molar-refractivity contribution in [2.75, 3.05) is 25.1 Å². The Labute approximate surface area is 186 Å². The fourth-order valence-electron chi connectivity index (χ4n) is 3.91. The van der Waals surface area contributed by atoms with Crippen molar-refractivity contribution in [3.8, 4) is 0 Å². The first-order chi connectivity index (χ1) is 15.1. The van der Waals surface area contributed by atoms with Gasteiger partial charge >= 0.3 is 5.97 Å². The molecule has 0 amide bonds. The van der Waals surface area contributed by atoms with E-state index >= 15 is 0 Å². The number of benzene rings is 2. The predicted octanol–water partition coefficient (Wildman–Crippen LogP) is 4.94. The van der Waals surface area contributed by atoms with Crippen LogP contribution < -0.4 is 4.90 Å². The summed E-state index contributed by atoms with van der Waals surface area (Å²) in [6.07, 6.45) is 4.69. The van der Waals surface area contributed by atoms with Gasteiger partial charge < -0.3 is 9.64 Å². The molecule has 1 saturated heterocycles. The zero-order valence-corrected chi connectivity index (χ0v) is 18.5. The number of carbonyl (C=O) groups excluding carboxylic acids is 2. The highest BCUT2D eigenvalue weighted by molar-refractivity contribution is 7.13. The minimum Gasteiger partial charge on any atom is -0.465 e. The zero-order valence-electron chi connectivity index (χ0n) is 17.7. The van der Waals surface area contributed by atoms with Crippen LogP contribution in [0.3, 0.4) is 0 Å². The van der Waals surface area contributed by atoms with Crippen molar-refractivity contribution in [1.29, 1.82) is 0 Å². The number of esters is 1. The first kappa shape index (κ1) is 21.2. The summed E-state index contributed by atoms with van der Waals surface area (Å²) >= 11 is 1.69. The highest BCUT2D eigenvalue weighted by atomic mass is 32.1. The smallest absolute Gasteiger partial charge is 0.337 e. The Morgan fingerprint density at radius 2 is 1.77 bits per heavy atom. The van der Waals surface area contributed by atoms with Crippen molar-refractivity contribution < 1.29 is 14.3 Å². The number of piperidine rings is 1. The number of nitrogens with zero attached hydrogens (tertiary/aromatic N) is 2. The molecule has 160 valence electrons. The second kappa shape index (κ2) is 9.88. The summed E-state index contributed by atoms with van der Waals surface area (Å²) in [6.45, 7) is 2.16. The van der Waals surface area contributed by atoms with E-state index in [0.29, 0.717) is 12.0 Å². The molecule has 1 aliphatic rings. The van der Waals surface area contributed by atoms with Crippen LogP contribution in [0.15, 0.2) is 53.9 Å². The molecule has 4 rings (SSSR count). The Hall–Kier alpha value is -2.99. The van der Waals surface area contributed by atoms with Gasteiger partial charge in [-0.3, -0.25) is 4.79 Å². The van der Waals surface area contributed by atoms with Crippen LogP contribution in [0.4, 0.5) is 5.13 Å². The maximum Gasteiger partial charge on any atom is 0.337 e. The number of carbonyl (C=O) groups is 2. The predicted molar refractivity (Wildman–Crippen MR) is 123 cm³/mol. The fourth-order valence-corrected chi connectivity index (χ4v) is 4.79. The lowest BCUT2D eigenvalue weighted by Crippen LogP contribution is -2.29. The van der Waals surface area contributed by atoms with Gasteiger partial charge in [0.05, 0.1) is 18.4 Å². The van der Waals surface area contributed by atoms with Crippen molar-refractivity contribution in [2.45, 2.75) is 32.1 Å². The summed E-state index contributed by atoms with van der Waals surface area (Å²) in [7, 11) is 1.36. The normalized spacial score (nSPS) is 13.8. The molecule has 5 nitrogen and oxygen atoms in total. The number of ketones is 1. The van der Waals surface area contributed by atoms with Crippen LogP contribution in [0.25, 0.3) is 0 Å². The largest absolute Gasteiger partial charge is 0.465 e. The fraction of sp³-hybridized carbons (Fsp3) is 0.320. The molecule has 0 radical (unpaired) electrons. The van der Waals surface area contributed by atoms with E-state index in [-0.39, 0.29) is 18.2 Å². The van der Waals surface area contributed by atoms with Crippen LogP contribution in [-0.4, -0.2) is 36.9 Å². The quantitative estimate of drug-likeness (QED) is 0.390. The molecular formula is C25H26N2O3S. The number of anilines is 1. The second-order valence-electron chi connectivity index (χ2n) is 7.79. The number of aromatic nitrogens is 1. The van der Waals surface area contributed by atoms with Crippen LogP contribution in [0.5, 0.6) is 0 Å². The summed E-state index contributed by atoms with van der Waals surface area (Å²) in [6, 6.07) is 14.8. The van der Waals surface area contributed by atoms with Gasteiger partial charge in [0.2, 0.25) is 0 Å². The zero-order chi connectivity index (χ0) is 21.6. The number of ether oxygens (including phenoxy) is 1. The summed E-state index contributed by atoms with van der Waals surface area (Å²) in [4.78, 5) is 31.8. The van der Waals surface area contributed by atoms with Gasteiger partial charge in [-0.05, 0) is 42.5 Å². The van der Waals surface area contributed by atoms with E-state index in [9.17, 15) is 9.59 Å². The Kier molecular flexibility index (Phi) is 6.77. The van der Waals surface area contributed by atoms with E-state index in [1.807, 2.05) is 24.3 Å². The highest BCUT2D eigenvalue weighted by Gasteiger charge is 2.17. The molecule has 0 saturated carbocycles. The number of methoxy groups -OCH3 is 1. The first-order valence-electron chi connectivity index (χ1n) is 10.6. The third-order valence-corrected chi connectivity index (χ3v) is 6.55. The lowest BCUT2D eigenvalue weighted by atomic mass is 9.96. The highest BCUT2D eigenvalue weighted by Crippen LogP contribution is 2.26. The van der Waals surface area contributed by atoms with Crippen molar-refractivity contribution in [1.82, 2.24) is 4.98 Å². The van der Waals surface area contributed by atoms with Gasteiger partial charge in [0.25, 0.3) is 0 Å². The average Bonchev–Trinajstić information content (AvgIpc) is 3.28. The van der Waals surface area contributed by atoms with E-state index in [0.717, 1.165) is 40.6 Å². The molecule has 0 aliphatic carbocycles. The molecule has 0 N–H and O–H groups in total. The third kappa shape index (κ3) is 5.20. The van der Waals surface area contributed by atoms with Gasteiger partial charge in [-0.1, -0.05) is 36.4 Å². The number of hydrogen-bond acceptors (Lipinski definition) is 6. The summed E-state index contributed by atoms with van der Waals surface area (Å²) in [5.74, 6) is -0.316. The van der Waals surface area contributed by atoms with Crippen molar-refractivity contribution in [2.24, 2.45) is 0 Å². The van der Waals surface area contributed by atoms with Crippen molar-refractivity contribution in [3.05, 3.63) is 81.9 Å². The monoisotopic (exact) mass is 434 g/mol. The molecule has 0 atom stereocenters. The number of Topliss-reactive ketones (excluding diaryl/α,β-unsaturated/α-hetero) is 1. The summed E-state index contributed by atoms with van der Waals surface area (Å²) in [5, 5.41) is 3.20. The standard InChI is InChI=1S/C25H26N2O3S/c1-30-24(29)19-11-9-18(10-12-19)15-23(28)22-8-4-3-7-20(22)16-21-17-31-25(26-21)27-13-5-2-6-14-27/h3-4,7-12,17H,2,5-6,13-16H2,1H3. The number of rotatable bonds is 7. The maximum absolute atomic E-state index is 13.0. The number of thiazole rings is 1. The number of hydrogen-bond donors (Lipinski definition) is 0. The minimum atomic E-state index is -0.379. The molecule has 0 spiro atoms. The van der Waals surface area contributed by atoms with Gasteiger partial charge in [0, 0.05) is 36.9 Å². The molecule has 3 aromatic rings. The van der Waals surface area contributed by atoms with Crippen LogP contribution in [0.1, 0.15) is 56.8 Å². The Morgan fingerprint density at radius 3 is 2.52 bits per heavy atom. The van der Waals surface area contributed by atoms with E-state index < -0.39 is 0 Å². The topological polar surface area (TPSA) is 59.5 Å². The molecule has 1 aliphatic heterocycles. The van der Waals surface area contributed by atoms with Gasteiger partial charge in [-0.25, -0.2) is 9.78 Å². The second-order valence-corrected chi connectivity index (χ2v) is 8.63. The van der Waals surface area contributed by atoms with Crippen LogP contribution in [-0.2, 0) is 17.6 Å². The minimum absolute atomic E-state index is 0.0629. The van der Waals surface area contributed by atoms with Gasteiger partial charge in [-0.15, -0.1) is 11.3 Å². The van der Waals surface area contributed by atoms with E-state index in [1.165, 1.54) is 26.4 Å². The van der Waals surface area contributed by atoms with Crippen LogP contribution >= 0.6 is 11.3 Å². The average molecular weight is 435 g/mol. The summed E-state index contributed by atoms with van der Waals surface area (Å²) < 4.78 is 4.73. The van der Waals surface area contributed by atoms with E-state index in [1.54, 1.807) is 35.6 Å². The Bertz CT molecular complexity index is 1050. The lowest BCUT2D eigenvalue weighted by Gasteiger charge is -2.25. The Morgan fingerprint density at radius 1 is 1.03 bits per heavy atom. The molecule has 0 unspecified atom stereocenters. The molecule has 6 heteroatoms. The van der Waals surface area contributed by atoms with Crippen LogP contribution in [0, 0.1) is 0 Å². The molecule has 2 aromatic carbocycles.